The van der Waals surface area contributed by atoms with Crippen molar-refractivity contribution in [3.8, 4) is 17.0 Å². The smallest absolute Gasteiger partial charge is 0.322 e. The third-order valence-corrected chi connectivity index (χ3v) is 6.50. The third kappa shape index (κ3) is 3.69. The number of amides is 4. The van der Waals surface area contributed by atoms with Crippen LogP contribution in [0, 0.1) is 12.8 Å². The molecule has 0 radical (unpaired) electrons. The average Bonchev–Trinajstić information content (AvgIpc) is 3.20. The van der Waals surface area contributed by atoms with Crippen LogP contribution in [0.5, 0.6) is 5.75 Å². The molecule has 1 aromatic carbocycles. The SMILES string of the molecule is COc1ccc(-c2nc(NC(=O)C3CCC4(CC3)NC(=O)NC4=O)sc2C)cc1. The Balaban J connectivity index is 1.40. The van der Waals surface area contributed by atoms with Crippen LogP contribution < -0.4 is 20.7 Å². The monoisotopic (exact) mass is 414 g/mol. The second kappa shape index (κ2) is 7.47. The van der Waals surface area contributed by atoms with Gasteiger partial charge in [-0.2, -0.15) is 0 Å². The van der Waals surface area contributed by atoms with Crippen molar-refractivity contribution in [2.45, 2.75) is 38.1 Å². The summed E-state index contributed by atoms with van der Waals surface area (Å²) in [6, 6.07) is 7.18. The molecule has 152 valence electrons. The fourth-order valence-electron chi connectivity index (χ4n) is 3.93. The van der Waals surface area contributed by atoms with Crippen molar-refractivity contribution < 1.29 is 19.1 Å². The van der Waals surface area contributed by atoms with Gasteiger partial charge in [0.1, 0.15) is 11.3 Å². The predicted octanol–water partition coefficient (Wildman–Crippen LogP) is 2.83. The molecule has 2 fully saturated rings. The van der Waals surface area contributed by atoms with Gasteiger partial charge in [-0.05, 0) is 56.9 Å². The summed E-state index contributed by atoms with van der Waals surface area (Å²) in [4.78, 5) is 41.8. The van der Waals surface area contributed by atoms with E-state index in [1.54, 1.807) is 7.11 Å². The molecule has 1 aliphatic heterocycles. The minimum Gasteiger partial charge on any atom is -0.497 e. The number of hydrogen-bond acceptors (Lipinski definition) is 6. The Morgan fingerprint density at radius 3 is 2.52 bits per heavy atom. The second-order valence-electron chi connectivity index (χ2n) is 7.41. The molecule has 0 bridgehead atoms. The van der Waals surface area contributed by atoms with Crippen LogP contribution in [0.1, 0.15) is 30.6 Å². The summed E-state index contributed by atoms with van der Waals surface area (Å²) in [7, 11) is 1.62. The number of hydrogen-bond donors (Lipinski definition) is 3. The van der Waals surface area contributed by atoms with Gasteiger partial charge in [-0.1, -0.05) is 0 Å². The minimum atomic E-state index is -0.854. The first-order valence-electron chi connectivity index (χ1n) is 9.46. The molecule has 1 aromatic heterocycles. The fourth-order valence-corrected chi connectivity index (χ4v) is 4.77. The van der Waals surface area contributed by atoms with E-state index in [1.807, 2.05) is 31.2 Å². The van der Waals surface area contributed by atoms with Crippen LogP contribution in [0.15, 0.2) is 24.3 Å². The van der Waals surface area contributed by atoms with Gasteiger partial charge in [-0.25, -0.2) is 9.78 Å². The van der Waals surface area contributed by atoms with Gasteiger partial charge in [-0.15, -0.1) is 11.3 Å². The molecule has 4 amide bonds. The highest BCUT2D eigenvalue weighted by atomic mass is 32.1. The molecule has 1 spiro atoms. The second-order valence-corrected chi connectivity index (χ2v) is 8.61. The van der Waals surface area contributed by atoms with Gasteiger partial charge >= 0.3 is 6.03 Å². The Hall–Kier alpha value is -2.94. The summed E-state index contributed by atoms with van der Waals surface area (Å²) in [5.74, 6) is 0.178. The fraction of sp³-hybridized carbons (Fsp3) is 0.400. The molecule has 1 saturated heterocycles. The number of benzene rings is 1. The van der Waals surface area contributed by atoms with E-state index in [9.17, 15) is 14.4 Å². The molecule has 0 unspecified atom stereocenters. The van der Waals surface area contributed by atoms with Crippen LogP contribution >= 0.6 is 11.3 Å². The molecule has 3 N–H and O–H groups in total. The largest absolute Gasteiger partial charge is 0.497 e. The lowest BCUT2D eigenvalue weighted by Gasteiger charge is -2.33. The molecule has 29 heavy (non-hydrogen) atoms. The van der Waals surface area contributed by atoms with Crippen molar-refractivity contribution in [3.63, 3.8) is 0 Å². The average molecular weight is 414 g/mol. The molecule has 8 nitrogen and oxygen atoms in total. The lowest BCUT2D eigenvalue weighted by molar-refractivity contribution is -0.128. The van der Waals surface area contributed by atoms with Gasteiger partial charge in [-0.3, -0.25) is 14.9 Å². The number of nitrogens with one attached hydrogen (secondary N) is 3. The van der Waals surface area contributed by atoms with Crippen molar-refractivity contribution in [2.24, 2.45) is 5.92 Å². The quantitative estimate of drug-likeness (QED) is 0.667. The van der Waals surface area contributed by atoms with Crippen molar-refractivity contribution in [1.29, 1.82) is 0 Å². The maximum Gasteiger partial charge on any atom is 0.322 e. The number of thiazole rings is 1. The van der Waals surface area contributed by atoms with Gasteiger partial charge in [0, 0.05) is 16.4 Å². The Bertz CT molecular complexity index is 961. The summed E-state index contributed by atoms with van der Waals surface area (Å²) in [5.41, 5.74) is 0.941. The van der Waals surface area contributed by atoms with Crippen LogP contribution in [0.4, 0.5) is 9.93 Å². The molecular weight excluding hydrogens is 392 g/mol. The summed E-state index contributed by atoms with van der Waals surface area (Å²) in [6.07, 6.45) is 1.98. The predicted molar refractivity (Wildman–Crippen MR) is 109 cm³/mol. The molecule has 1 aliphatic carbocycles. The van der Waals surface area contributed by atoms with E-state index in [2.05, 4.69) is 20.9 Å². The third-order valence-electron chi connectivity index (χ3n) is 5.61. The molecule has 2 aliphatic rings. The van der Waals surface area contributed by atoms with Crippen LogP contribution in [0.3, 0.4) is 0 Å². The van der Waals surface area contributed by atoms with Gasteiger partial charge in [0.05, 0.1) is 12.8 Å². The number of imide groups is 1. The zero-order chi connectivity index (χ0) is 20.6. The normalized spacial score (nSPS) is 23.6. The first kappa shape index (κ1) is 19.4. The number of nitrogens with zero attached hydrogens (tertiary/aromatic N) is 1. The number of carbonyl (C=O) groups excluding carboxylic acids is 3. The molecule has 9 heteroatoms. The standard InChI is InChI=1S/C20H22N4O4S/c1-11-15(12-3-5-14(28-2)6-4-12)21-19(29-11)22-16(25)13-7-9-20(10-8-13)17(26)23-18(27)24-20/h3-6,13H,7-10H2,1-2H3,(H,21,22,25)(H2,23,24,26,27). The number of methoxy groups -OCH3 is 1. The van der Waals surface area contributed by atoms with Crippen molar-refractivity contribution >= 4 is 34.3 Å². The number of carbonyl (C=O) groups is 3. The minimum absolute atomic E-state index is 0.0976. The number of anilines is 1. The Kier molecular flexibility index (Phi) is 4.99. The van der Waals surface area contributed by atoms with E-state index in [-0.39, 0.29) is 17.7 Å². The highest BCUT2D eigenvalue weighted by molar-refractivity contribution is 7.16. The van der Waals surface area contributed by atoms with Gasteiger partial charge in [0.15, 0.2) is 5.13 Å². The van der Waals surface area contributed by atoms with Gasteiger partial charge in [0.2, 0.25) is 5.91 Å². The van der Waals surface area contributed by atoms with E-state index in [0.717, 1.165) is 21.9 Å². The molecule has 0 atom stereocenters. The summed E-state index contributed by atoms with van der Waals surface area (Å²) in [6.45, 7) is 1.97. The van der Waals surface area contributed by atoms with Crippen molar-refractivity contribution in [1.82, 2.24) is 15.6 Å². The summed E-state index contributed by atoms with van der Waals surface area (Å²) < 4.78 is 5.18. The van der Waals surface area contributed by atoms with Gasteiger partial charge in [0.25, 0.3) is 5.91 Å². The van der Waals surface area contributed by atoms with E-state index >= 15 is 0 Å². The zero-order valence-electron chi connectivity index (χ0n) is 16.2. The molecule has 1 saturated carbocycles. The topological polar surface area (TPSA) is 109 Å². The molecule has 4 rings (SSSR count). The number of ether oxygens (including phenoxy) is 1. The van der Waals surface area contributed by atoms with E-state index < -0.39 is 11.6 Å². The van der Waals surface area contributed by atoms with Crippen molar-refractivity contribution in [2.75, 3.05) is 12.4 Å². The zero-order valence-corrected chi connectivity index (χ0v) is 17.0. The lowest BCUT2D eigenvalue weighted by Crippen LogP contribution is -2.50. The number of urea groups is 1. The van der Waals surface area contributed by atoms with E-state index in [1.165, 1.54) is 11.3 Å². The number of aromatic nitrogens is 1. The van der Waals surface area contributed by atoms with Gasteiger partial charge < -0.3 is 15.4 Å². The highest BCUT2D eigenvalue weighted by Crippen LogP contribution is 2.36. The first-order chi connectivity index (χ1) is 13.9. The maximum atomic E-state index is 12.7. The number of rotatable bonds is 4. The number of aryl methyl sites for hydroxylation is 1. The Labute approximate surface area is 172 Å². The Morgan fingerprint density at radius 2 is 1.93 bits per heavy atom. The van der Waals surface area contributed by atoms with Crippen LogP contribution in [-0.4, -0.2) is 35.5 Å². The molecular formula is C20H22N4O4S. The van der Waals surface area contributed by atoms with E-state index in [0.29, 0.717) is 30.8 Å². The van der Waals surface area contributed by atoms with Crippen LogP contribution in [0.25, 0.3) is 11.3 Å². The summed E-state index contributed by atoms with van der Waals surface area (Å²) >= 11 is 1.44. The van der Waals surface area contributed by atoms with Crippen LogP contribution in [-0.2, 0) is 9.59 Å². The van der Waals surface area contributed by atoms with E-state index in [4.69, 9.17) is 4.74 Å². The molecule has 2 aromatic rings. The lowest BCUT2D eigenvalue weighted by atomic mass is 9.76. The summed E-state index contributed by atoms with van der Waals surface area (Å²) in [5, 5.41) is 8.48. The molecule has 2 heterocycles. The Morgan fingerprint density at radius 1 is 1.24 bits per heavy atom. The van der Waals surface area contributed by atoms with Crippen LogP contribution in [0.2, 0.25) is 0 Å². The van der Waals surface area contributed by atoms with Crippen molar-refractivity contribution in [3.05, 3.63) is 29.1 Å². The first-order valence-corrected chi connectivity index (χ1v) is 10.3. The maximum absolute atomic E-state index is 12.7. The highest BCUT2D eigenvalue weighted by Gasteiger charge is 2.48.